The second-order valence-corrected chi connectivity index (χ2v) is 9.10. The Morgan fingerprint density at radius 1 is 0.929 bits per heavy atom. The number of anilines is 1. The van der Waals surface area contributed by atoms with Crippen molar-refractivity contribution in [3.05, 3.63) is 29.6 Å². The highest BCUT2D eigenvalue weighted by Crippen LogP contribution is 2.29. The van der Waals surface area contributed by atoms with Crippen LogP contribution in [0, 0.1) is 18.7 Å². The minimum atomic E-state index is -0.140. The Kier molecular flexibility index (Phi) is 6.54. The Morgan fingerprint density at radius 3 is 2.36 bits per heavy atom. The predicted octanol–water partition coefficient (Wildman–Crippen LogP) is 3.27. The van der Waals surface area contributed by atoms with Gasteiger partial charge in [0.25, 0.3) is 0 Å². The lowest BCUT2D eigenvalue weighted by Crippen LogP contribution is -2.54. The van der Waals surface area contributed by atoms with Gasteiger partial charge in [-0.3, -0.25) is 9.80 Å². The first-order valence-electron chi connectivity index (χ1n) is 11.2. The van der Waals surface area contributed by atoms with Crippen LogP contribution in [0.4, 0.5) is 10.1 Å². The van der Waals surface area contributed by atoms with Gasteiger partial charge in [0.05, 0.1) is 0 Å². The molecule has 1 atom stereocenters. The van der Waals surface area contributed by atoms with E-state index in [1.54, 1.807) is 12.1 Å². The van der Waals surface area contributed by atoms with E-state index < -0.39 is 0 Å². The SMILES string of the molecule is Cc1cc(F)ccc1N1CCC(N2CCC[C@H](N3CCC(CO)CC3)C2)CC1. The second kappa shape index (κ2) is 9.10. The van der Waals surface area contributed by atoms with Gasteiger partial charge in [-0.15, -0.1) is 0 Å². The molecule has 0 aliphatic carbocycles. The highest BCUT2D eigenvalue weighted by molar-refractivity contribution is 5.53. The Labute approximate surface area is 169 Å². The van der Waals surface area contributed by atoms with Crippen LogP contribution in [0.1, 0.15) is 44.1 Å². The van der Waals surface area contributed by atoms with Crippen molar-refractivity contribution in [3.8, 4) is 0 Å². The molecule has 4 rings (SSSR count). The van der Waals surface area contributed by atoms with Crippen LogP contribution in [-0.2, 0) is 0 Å². The molecule has 1 aromatic rings. The molecule has 1 aromatic carbocycles. The summed E-state index contributed by atoms with van der Waals surface area (Å²) in [6.45, 7) is 9.28. The van der Waals surface area contributed by atoms with E-state index in [9.17, 15) is 9.50 Å². The average Bonchev–Trinajstić information content (AvgIpc) is 2.74. The minimum absolute atomic E-state index is 0.140. The first-order chi connectivity index (χ1) is 13.6. The Balaban J connectivity index is 1.29. The highest BCUT2D eigenvalue weighted by atomic mass is 19.1. The topological polar surface area (TPSA) is 30.0 Å². The largest absolute Gasteiger partial charge is 0.396 e. The molecule has 0 bridgehead atoms. The van der Waals surface area contributed by atoms with E-state index in [-0.39, 0.29) is 5.82 Å². The molecule has 0 saturated carbocycles. The van der Waals surface area contributed by atoms with Gasteiger partial charge in [0.1, 0.15) is 5.82 Å². The number of likely N-dealkylation sites (tertiary alicyclic amines) is 2. The molecule has 4 nitrogen and oxygen atoms in total. The molecule has 3 heterocycles. The number of nitrogens with zero attached hydrogens (tertiary/aromatic N) is 3. The van der Waals surface area contributed by atoms with Crippen molar-refractivity contribution in [2.45, 2.75) is 57.5 Å². The van der Waals surface area contributed by atoms with Crippen LogP contribution in [0.3, 0.4) is 0 Å². The molecule has 28 heavy (non-hydrogen) atoms. The molecule has 1 N–H and O–H groups in total. The van der Waals surface area contributed by atoms with Gasteiger partial charge in [-0.05, 0) is 94.8 Å². The summed E-state index contributed by atoms with van der Waals surface area (Å²) in [4.78, 5) is 7.88. The third-order valence-corrected chi connectivity index (χ3v) is 7.33. The van der Waals surface area contributed by atoms with Crippen molar-refractivity contribution < 1.29 is 9.50 Å². The minimum Gasteiger partial charge on any atom is -0.396 e. The third kappa shape index (κ3) is 4.52. The third-order valence-electron chi connectivity index (χ3n) is 7.33. The molecule has 0 aromatic heterocycles. The fourth-order valence-corrected chi connectivity index (χ4v) is 5.56. The van der Waals surface area contributed by atoms with Gasteiger partial charge in [0.15, 0.2) is 0 Å². The summed E-state index contributed by atoms with van der Waals surface area (Å²) in [5.74, 6) is 0.383. The Bertz CT molecular complexity index is 639. The van der Waals surface area contributed by atoms with Crippen molar-refractivity contribution in [2.24, 2.45) is 5.92 Å². The fraction of sp³-hybridized carbons (Fsp3) is 0.739. The smallest absolute Gasteiger partial charge is 0.123 e. The normalized spacial score (nSPS) is 26.7. The van der Waals surface area contributed by atoms with Crippen molar-refractivity contribution in [1.29, 1.82) is 0 Å². The van der Waals surface area contributed by atoms with Crippen LogP contribution in [0.2, 0.25) is 0 Å². The van der Waals surface area contributed by atoms with Gasteiger partial charge in [-0.25, -0.2) is 4.39 Å². The summed E-state index contributed by atoms with van der Waals surface area (Å²) in [7, 11) is 0. The summed E-state index contributed by atoms with van der Waals surface area (Å²) in [5, 5.41) is 9.38. The highest BCUT2D eigenvalue weighted by Gasteiger charge is 2.32. The molecule has 0 spiro atoms. The van der Waals surface area contributed by atoms with E-state index in [0.29, 0.717) is 24.6 Å². The maximum Gasteiger partial charge on any atom is 0.123 e. The molecule has 0 unspecified atom stereocenters. The monoisotopic (exact) mass is 389 g/mol. The molecular weight excluding hydrogens is 353 g/mol. The van der Waals surface area contributed by atoms with Crippen LogP contribution in [0.5, 0.6) is 0 Å². The lowest BCUT2D eigenvalue weighted by Gasteiger charge is -2.46. The van der Waals surface area contributed by atoms with Crippen molar-refractivity contribution in [2.75, 3.05) is 50.8 Å². The Morgan fingerprint density at radius 2 is 1.68 bits per heavy atom. The first kappa shape index (κ1) is 20.1. The molecule has 3 aliphatic rings. The molecule has 3 fully saturated rings. The number of hydrogen-bond donors (Lipinski definition) is 1. The second-order valence-electron chi connectivity index (χ2n) is 9.10. The number of aliphatic hydroxyl groups is 1. The lowest BCUT2D eigenvalue weighted by molar-refractivity contribution is 0.0368. The van der Waals surface area contributed by atoms with Crippen LogP contribution in [0.15, 0.2) is 18.2 Å². The molecule has 5 heteroatoms. The van der Waals surface area contributed by atoms with Crippen LogP contribution in [-0.4, -0.2) is 72.9 Å². The van der Waals surface area contributed by atoms with E-state index in [2.05, 4.69) is 14.7 Å². The van der Waals surface area contributed by atoms with Crippen molar-refractivity contribution in [3.63, 3.8) is 0 Å². The molecule has 3 aliphatic heterocycles. The maximum atomic E-state index is 13.4. The zero-order valence-corrected chi connectivity index (χ0v) is 17.3. The van der Waals surface area contributed by atoms with Gasteiger partial charge in [-0.2, -0.15) is 0 Å². The number of benzene rings is 1. The predicted molar refractivity (Wildman–Crippen MR) is 112 cm³/mol. The van der Waals surface area contributed by atoms with E-state index in [1.165, 1.54) is 44.5 Å². The summed E-state index contributed by atoms with van der Waals surface area (Å²) in [6, 6.07) is 6.57. The fourth-order valence-electron chi connectivity index (χ4n) is 5.56. The number of aliphatic hydroxyl groups excluding tert-OH is 1. The Hall–Kier alpha value is -1.17. The van der Waals surface area contributed by atoms with Gasteiger partial charge < -0.3 is 10.0 Å². The van der Waals surface area contributed by atoms with Gasteiger partial charge in [-0.1, -0.05) is 0 Å². The number of halogens is 1. The first-order valence-corrected chi connectivity index (χ1v) is 11.2. The molecular formula is C23H36FN3O. The summed E-state index contributed by atoms with van der Waals surface area (Å²) < 4.78 is 13.4. The number of aryl methyl sites for hydroxylation is 1. The number of piperidine rings is 3. The number of rotatable bonds is 4. The quantitative estimate of drug-likeness (QED) is 0.856. The van der Waals surface area contributed by atoms with E-state index in [0.717, 1.165) is 44.6 Å². The summed E-state index contributed by atoms with van der Waals surface area (Å²) in [6.07, 6.45) is 7.35. The maximum absolute atomic E-state index is 13.4. The summed E-state index contributed by atoms with van der Waals surface area (Å²) in [5.41, 5.74) is 2.24. The van der Waals surface area contributed by atoms with E-state index in [4.69, 9.17) is 0 Å². The van der Waals surface area contributed by atoms with Crippen LogP contribution < -0.4 is 4.90 Å². The number of hydrogen-bond acceptors (Lipinski definition) is 4. The van der Waals surface area contributed by atoms with E-state index >= 15 is 0 Å². The van der Waals surface area contributed by atoms with Gasteiger partial charge >= 0.3 is 0 Å². The van der Waals surface area contributed by atoms with Crippen molar-refractivity contribution in [1.82, 2.24) is 9.80 Å². The zero-order chi connectivity index (χ0) is 19.5. The van der Waals surface area contributed by atoms with Crippen LogP contribution in [0.25, 0.3) is 0 Å². The van der Waals surface area contributed by atoms with Crippen molar-refractivity contribution >= 4 is 5.69 Å². The zero-order valence-electron chi connectivity index (χ0n) is 17.3. The molecule has 0 amide bonds. The van der Waals surface area contributed by atoms with Gasteiger partial charge in [0.2, 0.25) is 0 Å². The molecule has 0 radical (unpaired) electrons. The van der Waals surface area contributed by atoms with Crippen LogP contribution >= 0.6 is 0 Å². The molecule has 156 valence electrons. The average molecular weight is 390 g/mol. The molecule has 3 saturated heterocycles. The lowest BCUT2D eigenvalue weighted by atomic mass is 9.93. The van der Waals surface area contributed by atoms with Gasteiger partial charge in [0, 0.05) is 44.0 Å². The summed E-state index contributed by atoms with van der Waals surface area (Å²) >= 11 is 0. The standard InChI is InChI=1S/C23H36FN3O/c1-18-15-20(24)4-5-23(18)26-13-8-21(9-14-26)27-10-2-3-22(16-27)25-11-6-19(17-28)7-12-25/h4-5,15,19,21-22,28H,2-3,6-14,16-17H2,1H3/t22-/m0/s1. The van der Waals surface area contributed by atoms with E-state index in [1.807, 2.05) is 13.0 Å².